The normalized spacial score (nSPS) is 28.1. The van der Waals surface area contributed by atoms with Crippen LogP contribution in [0.3, 0.4) is 0 Å². The molecule has 3 aliphatic rings. The lowest BCUT2D eigenvalue weighted by atomic mass is 9.68. The molecule has 2 saturated carbocycles. The Hall–Kier alpha value is -2.73. The minimum absolute atomic E-state index is 0.00649. The van der Waals surface area contributed by atoms with Crippen LogP contribution in [-0.4, -0.2) is 49.9 Å². The Balaban J connectivity index is 1.22. The lowest BCUT2D eigenvalue weighted by Crippen LogP contribution is -2.48. The number of allylic oxidation sites excluding steroid dienone is 2. The second-order valence-corrected chi connectivity index (χ2v) is 11.3. The van der Waals surface area contributed by atoms with Crippen molar-refractivity contribution in [1.82, 2.24) is 10.6 Å². The Morgan fingerprint density at radius 1 is 1.11 bits per heavy atom. The van der Waals surface area contributed by atoms with Crippen molar-refractivity contribution in [3.8, 4) is 0 Å². The molecule has 0 saturated heterocycles. The molecule has 4 unspecified atom stereocenters. The smallest absolute Gasteiger partial charge is 0.316 e. The van der Waals surface area contributed by atoms with Crippen molar-refractivity contribution in [2.45, 2.75) is 82.3 Å². The highest BCUT2D eigenvalue weighted by atomic mass is 16.5. The standard InChI is InChI=1S/C32H45N3O3/c1-3-25-23-28(38-31(37)32(17-9-4-5-10-18-32)26-14-7-6-8-15-26)27(25)16-22-33-19-12-21-35-30(36)29-24(2)13-11-20-34-29/h3,6-8,11,13-15,20,24-25,27-29,33H,1,4-5,9-10,12,16-19,21-23H2,2H3,(H,35,36)/t24?,25?,27?,28-,29?/m0/s1. The Labute approximate surface area is 228 Å². The number of rotatable bonds is 12. The first-order valence-corrected chi connectivity index (χ1v) is 14.6. The van der Waals surface area contributed by atoms with Crippen molar-refractivity contribution in [2.75, 3.05) is 19.6 Å². The van der Waals surface area contributed by atoms with Crippen molar-refractivity contribution in [1.29, 1.82) is 0 Å². The van der Waals surface area contributed by atoms with E-state index in [1.165, 1.54) is 12.8 Å². The molecule has 0 aromatic heterocycles. The summed E-state index contributed by atoms with van der Waals surface area (Å²) >= 11 is 0. The summed E-state index contributed by atoms with van der Waals surface area (Å²) < 4.78 is 6.29. The molecule has 4 rings (SSSR count). The first-order chi connectivity index (χ1) is 18.5. The largest absolute Gasteiger partial charge is 0.461 e. The summed E-state index contributed by atoms with van der Waals surface area (Å²) in [5.41, 5.74) is 0.597. The molecule has 1 aliphatic heterocycles. The van der Waals surface area contributed by atoms with Crippen LogP contribution >= 0.6 is 0 Å². The van der Waals surface area contributed by atoms with Gasteiger partial charge in [-0.25, -0.2) is 0 Å². The molecule has 1 heterocycles. The van der Waals surface area contributed by atoms with Crippen LogP contribution in [-0.2, 0) is 19.7 Å². The lowest BCUT2D eigenvalue weighted by Gasteiger charge is -2.44. The maximum atomic E-state index is 13.7. The molecule has 6 heteroatoms. The second kappa shape index (κ2) is 13.9. The first-order valence-electron chi connectivity index (χ1n) is 14.6. The van der Waals surface area contributed by atoms with Crippen LogP contribution in [0.1, 0.15) is 70.3 Å². The summed E-state index contributed by atoms with van der Waals surface area (Å²) in [6.45, 7) is 8.36. The van der Waals surface area contributed by atoms with E-state index in [2.05, 4.69) is 34.3 Å². The first kappa shape index (κ1) is 28.3. The predicted molar refractivity (Wildman–Crippen MR) is 153 cm³/mol. The van der Waals surface area contributed by atoms with E-state index in [0.717, 1.165) is 63.6 Å². The minimum Gasteiger partial charge on any atom is -0.461 e. The summed E-state index contributed by atoms with van der Waals surface area (Å²) in [6, 6.07) is 9.97. The van der Waals surface area contributed by atoms with Crippen LogP contribution in [0.25, 0.3) is 0 Å². The minimum atomic E-state index is -0.513. The SMILES string of the molecule is C=CC1C[C@H](OC(=O)C2(c3ccccc3)CCCCCC2)C1CCNCCCNC(=O)C1N=CC=CC1C. The van der Waals surface area contributed by atoms with Gasteiger partial charge in [0.05, 0.1) is 5.41 Å². The maximum Gasteiger partial charge on any atom is 0.316 e. The van der Waals surface area contributed by atoms with Gasteiger partial charge in [-0.3, -0.25) is 14.6 Å². The monoisotopic (exact) mass is 519 g/mol. The van der Waals surface area contributed by atoms with Crippen LogP contribution in [0.15, 0.2) is 60.1 Å². The van der Waals surface area contributed by atoms with Crippen molar-refractivity contribution in [3.63, 3.8) is 0 Å². The van der Waals surface area contributed by atoms with Gasteiger partial charge in [0.1, 0.15) is 12.1 Å². The van der Waals surface area contributed by atoms with Gasteiger partial charge in [0, 0.05) is 24.6 Å². The highest BCUT2D eigenvalue weighted by Crippen LogP contribution is 2.44. The van der Waals surface area contributed by atoms with Gasteiger partial charge < -0.3 is 15.4 Å². The van der Waals surface area contributed by atoms with Gasteiger partial charge in [-0.1, -0.05) is 75.1 Å². The third-order valence-electron chi connectivity index (χ3n) is 8.77. The van der Waals surface area contributed by atoms with Crippen molar-refractivity contribution < 1.29 is 14.3 Å². The van der Waals surface area contributed by atoms with Gasteiger partial charge >= 0.3 is 5.97 Å². The summed E-state index contributed by atoms with van der Waals surface area (Å²) in [7, 11) is 0. The molecule has 5 atom stereocenters. The number of hydrogen-bond donors (Lipinski definition) is 2. The number of hydrogen-bond acceptors (Lipinski definition) is 5. The highest BCUT2D eigenvalue weighted by Gasteiger charge is 2.47. The van der Waals surface area contributed by atoms with Gasteiger partial charge in [-0.2, -0.15) is 0 Å². The Morgan fingerprint density at radius 3 is 2.58 bits per heavy atom. The van der Waals surface area contributed by atoms with Gasteiger partial charge in [-0.15, -0.1) is 6.58 Å². The Bertz CT molecular complexity index is 981. The van der Waals surface area contributed by atoms with Crippen LogP contribution < -0.4 is 10.6 Å². The maximum absolute atomic E-state index is 13.7. The van der Waals surface area contributed by atoms with Crippen LogP contribution in [0.2, 0.25) is 0 Å². The average molecular weight is 520 g/mol. The average Bonchev–Trinajstić information content (AvgIpc) is 3.20. The van der Waals surface area contributed by atoms with E-state index in [1.807, 2.05) is 43.4 Å². The number of aliphatic imine (C=N–C) groups is 1. The zero-order valence-electron chi connectivity index (χ0n) is 22.9. The molecule has 6 nitrogen and oxygen atoms in total. The Morgan fingerprint density at radius 2 is 1.87 bits per heavy atom. The van der Waals surface area contributed by atoms with Gasteiger partial charge in [0.2, 0.25) is 5.91 Å². The van der Waals surface area contributed by atoms with Crippen LogP contribution in [0.5, 0.6) is 0 Å². The molecule has 0 spiro atoms. The zero-order chi connectivity index (χ0) is 26.8. The highest BCUT2D eigenvalue weighted by molar-refractivity contribution is 5.86. The van der Waals surface area contributed by atoms with Crippen molar-refractivity contribution in [2.24, 2.45) is 22.7 Å². The third kappa shape index (κ3) is 6.82. The molecule has 206 valence electrons. The molecular weight excluding hydrogens is 474 g/mol. The fraction of sp³-hybridized carbons (Fsp3) is 0.594. The topological polar surface area (TPSA) is 79.8 Å². The van der Waals surface area contributed by atoms with Crippen LogP contribution in [0.4, 0.5) is 0 Å². The van der Waals surface area contributed by atoms with E-state index in [0.29, 0.717) is 18.4 Å². The van der Waals surface area contributed by atoms with E-state index in [4.69, 9.17) is 4.74 Å². The molecule has 2 aliphatic carbocycles. The van der Waals surface area contributed by atoms with Gasteiger partial charge in [0.15, 0.2) is 0 Å². The molecule has 1 aromatic rings. The second-order valence-electron chi connectivity index (χ2n) is 11.3. The van der Waals surface area contributed by atoms with E-state index in [-0.39, 0.29) is 29.9 Å². The molecule has 1 amide bonds. The molecule has 38 heavy (non-hydrogen) atoms. The number of nitrogens with one attached hydrogen (secondary N) is 2. The number of ether oxygens (including phenoxy) is 1. The molecule has 1 aromatic carbocycles. The number of esters is 1. The van der Waals surface area contributed by atoms with Gasteiger partial charge in [0.25, 0.3) is 0 Å². The zero-order valence-corrected chi connectivity index (χ0v) is 22.9. The molecule has 0 radical (unpaired) electrons. The Kier molecular flexibility index (Phi) is 10.3. The van der Waals surface area contributed by atoms with E-state index in [9.17, 15) is 9.59 Å². The fourth-order valence-corrected chi connectivity index (χ4v) is 6.29. The van der Waals surface area contributed by atoms with E-state index < -0.39 is 5.41 Å². The summed E-state index contributed by atoms with van der Waals surface area (Å²) in [5.74, 6) is 0.793. The summed E-state index contributed by atoms with van der Waals surface area (Å²) in [4.78, 5) is 30.4. The quantitative estimate of drug-likeness (QED) is 0.173. The van der Waals surface area contributed by atoms with E-state index in [1.54, 1.807) is 6.21 Å². The summed E-state index contributed by atoms with van der Waals surface area (Å²) in [6.07, 6.45) is 16.5. The molecule has 0 bridgehead atoms. The fourth-order valence-electron chi connectivity index (χ4n) is 6.29. The molecule has 2 N–H and O–H groups in total. The van der Waals surface area contributed by atoms with Crippen molar-refractivity contribution >= 4 is 18.1 Å². The number of amides is 1. The van der Waals surface area contributed by atoms with E-state index >= 15 is 0 Å². The van der Waals surface area contributed by atoms with Gasteiger partial charge in [-0.05, 0) is 62.8 Å². The number of nitrogens with zero attached hydrogens (tertiary/aromatic N) is 1. The van der Waals surface area contributed by atoms with Crippen molar-refractivity contribution in [3.05, 3.63) is 60.7 Å². The van der Waals surface area contributed by atoms with Crippen LogP contribution in [0, 0.1) is 17.8 Å². The lowest BCUT2D eigenvalue weighted by molar-refractivity contribution is -0.169. The number of carbonyl (C=O) groups is 2. The number of dihydropyridines is 1. The number of carbonyl (C=O) groups excluding carboxylic acids is 2. The predicted octanol–water partition coefficient (Wildman–Crippen LogP) is 5.14. The number of benzene rings is 1. The molecular formula is C32H45N3O3. The summed E-state index contributed by atoms with van der Waals surface area (Å²) in [5, 5.41) is 6.51. The third-order valence-corrected chi connectivity index (χ3v) is 8.77. The molecule has 2 fully saturated rings.